The van der Waals surface area contributed by atoms with Gasteiger partial charge in [-0.3, -0.25) is 0 Å². The minimum atomic E-state index is -0.551. The molecule has 0 spiro atoms. The number of benzene rings is 3. The van der Waals surface area contributed by atoms with Crippen molar-refractivity contribution in [3.8, 4) is 11.5 Å². The van der Waals surface area contributed by atoms with Gasteiger partial charge in [-0.25, -0.2) is 0 Å². The average Bonchev–Trinajstić information content (AvgIpc) is 3.19. The van der Waals surface area contributed by atoms with Crippen molar-refractivity contribution in [2.45, 2.75) is 19.6 Å². The van der Waals surface area contributed by atoms with E-state index >= 15 is 0 Å². The summed E-state index contributed by atoms with van der Waals surface area (Å²) in [6, 6.07) is 24.9. The number of para-hydroxylation sites is 2. The summed E-state index contributed by atoms with van der Waals surface area (Å²) in [4.78, 5) is 3.80. The van der Waals surface area contributed by atoms with Crippen LogP contribution in [-0.2, 0) is 6.54 Å². The monoisotopic (exact) mass is 486 g/mol. The summed E-state index contributed by atoms with van der Waals surface area (Å²) in [6.07, 6.45) is -0.551. The van der Waals surface area contributed by atoms with E-state index in [4.69, 9.17) is 9.47 Å². The third-order valence-corrected chi connectivity index (χ3v) is 7.47. The molecule has 1 aromatic heterocycles. The molecule has 1 aliphatic rings. The van der Waals surface area contributed by atoms with Gasteiger partial charge in [0.15, 0.2) is 0 Å². The van der Waals surface area contributed by atoms with Crippen LogP contribution in [-0.4, -0.2) is 56.6 Å². The van der Waals surface area contributed by atoms with Gasteiger partial charge >= 0.3 is 0 Å². The molecule has 0 unspecified atom stereocenters. The Morgan fingerprint density at radius 3 is 2.36 bits per heavy atom. The van der Waals surface area contributed by atoms with Crippen LogP contribution < -0.4 is 19.3 Å². The molecule has 4 aromatic rings. The molecule has 5 rings (SSSR count). The summed E-state index contributed by atoms with van der Waals surface area (Å²) in [5.74, 6) is 1.72. The van der Waals surface area contributed by atoms with Gasteiger partial charge in [-0.05, 0) is 42.8 Å². The Labute approximate surface area is 213 Å². The molecule has 1 fully saturated rings. The normalized spacial score (nSPS) is 15.3. The topological polar surface area (TPSA) is 51.3 Å². The molecule has 2 heterocycles. The lowest BCUT2D eigenvalue weighted by atomic mass is 10.0. The zero-order chi connectivity index (χ0) is 25.1. The van der Waals surface area contributed by atoms with Gasteiger partial charge in [-0.15, -0.1) is 0 Å². The molecule has 0 saturated carbocycles. The van der Waals surface area contributed by atoms with Gasteiger partial charge < -0.3 is 28.9 Å². The maximum atomic E-state index is 11.6. The molecule has 1 aliphatic heterocycles. The van der Waals surface area contributed by atoms with Crippen LogP contribution in [0, 0.1) is 6.92 Å². The highest BCUT2D eigenvalue weighted by molar-refractivity contribution is 5.87. The molecule has 0 bridgehead atoms. The average molecular weight is 487 g/mol. The number of aromatic nitrogens is 1. The lowest BCUT2D eigenvalue weighted by molar-refractivity contribution is -0.904. The summed E-state index contributed by atoms with van der Waals surface area (Å²) < 4.78 is 13.4. The lowest BCUT2D eigenvalue weighted by Gasteiger charge is -2.35. The fourth-order valence-corrected chi connectivity index (χ4v) is 5.54. The molecule has 6 heteroatoms. The van der Waals surface area contributed by atoms with Gasteiger partial charge in [-0.1, -0.05) is 42.5 Å². The maximum Gasteiger partial charge on any atom is 0.142 e. The second-order valence-electron chi connectivity index (χ2n) is 9.58. The summed E-state index contributed by atoms with van der Waals surface area (Å²) in [5, 5.41) is 12.6. The SMILES string of the molecule is COc1ccc2c(c1)c([C@@H](O)C[NH+]1CCN(c3ccccc3OC)CC1)c(C)n2Cc1ccccc1. The standard InChI is InChI=1S/C30H35N3O3/c1-22-30(25-19-24(35-2)13-14-26(25)33(22)20-23-9-5-4-6-10-23)28(34)21-31-15-17-32(18-16-31)27-11-7-8-12-29(27)36-3/h4-14,19,28,34H,15-18,20-21H2,1-3H3/p+1/t28-/m0/s1. The molecule has 2 N–H and O–H groups in total. The zero-order valence-corrected chi connectivity index (χ0v) is 21.4. The van der Waals surface area contributed by atoms with Crippen molar-refractivity contribution in [2.75, 3.05) is 51.8 Å². The van der Waals surface area contributed by atoms with Crippen LogP contribution in [0.2, 0.25) is 0 Å². The number of aliphatic hydroxyl groups is 1. The molecule has 0 radical (unpaired) electrons. The highest BCUT2D eigenvalue weighted by atomic mass is 16.5. The van der Waals surface area contributed by atoms with E-state index in [-0.39, 0.29) is 0 Å². The van der Waals surface area contributed by atoms with Crippen LogP contribution in [0.15, 0.2) is 72.8 Å². The van der Waals surface area contributed by atoms with E-state index in [2.05, 4.69) is 64.9 Å². The van der Waals surface area contributed by atoms with Crippen molar-refractivity contribution >= 4 is 16.6 Å². The lowest BCUT2D eigenvalue weighted by Crippen LogP contribution is -3.15. The van der Waals surface area contributed by atoms with Crippen LogP contribution in [0.1, 0.15) is 22.9 Å². The third-order valence-electron chi connectivity index (χ3n) is 7.47. The van der Waals surface area contributed by atoms with E-state index < -0.39 is 6.10 Å². The van der Waals surface area contributed by atoms with Gasteiger partial charge in [0, 0.05) is 28.7 Å². The number of fused-ring (bicyclic) bond motifs is 1. The van der Waals surface area contributed by atoms with E-state index in [1.165, 1.54) is 10.5 Å². The van der Waals surface area contributed by atoms with Crippen molar-refractivity contribution in [2.24, 2.45) is 0 Å². The van der Waals surface area contributed by atoms with Gasteiger partial charge in [0.25, 0.3) is 0 Å². The second-order valence-corrected chi connectivity index (χ2v) is 9.58. The van der Waals surface area contributed by atoms with Gasteiger partial charge in [0.05, 0.1) is 46.1 Å². The number of hydrogen-bond donors (Lipinski definition) is 2. The van der Waals surface area contributed by atoms with E-state index in [0.717, 1.165) is 72.1 Å². The molecule has 1 atom stereocenters. The van der Waals surface area contributed by atoms with Crippen LogP contribution in [0.4, 0.5) is 5.69 Å². The van der Waals surface area contributed by atoms with Gasteiger partial charge in [0.2, 0.25) is 0 Å². The molecule has 0 aliphatic carbocycles. The molecule has 0 amide bonds. The Bertz CT molecular complexity index is 1310. The number of aliphatic hydroxyl groups excluding tert-OH is 1. The summed E-state index contributed by atoms with van der Waals surface area (Å²) in [5.41, 5.74) is 5.64. The smallest absolute Gasteiger partial charge is 0.142 e. The third kappa shape index (κ3) is 4.79. The first kappa shape index (κ1) is 24.2. The number of nitrogens with one attached hydrogen (secondary N) is 1. The first-order valence-corrected chi connectivity index (χ1v) is 12.7. The number of methoxy groups -OCH3 is 2. The minimum absolute atomic E-state index is 0.551. The van der Waals surface area contributed by atoms with E-state index in [0.29, 0.717) is 6.54 Å². The number of ether oxygens (including phenoxy) is 2. The van der Waals surface area contributed by atoms with Crippen molar-refractivity contribution in [3.05, 3.63) is 89.6 Å². The van der Waals surface area contributed by atoms with Crippen LogP contribution >= 0.6 is 0 Å². The number of nitrogens with zero attached hydrogens (tertiary/aromatic N) is 2. The zero-order valence-electron chi connectivity index (χ0n) is 21.4. The summed E-state index contributed by atoms with van der Waals surface area (Å²) >= 11 is 0. The quantitative estimate of drug-likeness (QED) is 0.401. The number of anilines is 1. The Hall–Kier alpha value is -3.48. The number of quaternary nitrogens is 1. The number of rotatable bonds is 8. The maximum absolute atomic E-state index is 11.6. The highest BCUT2D eigenvalue weighted by Crippen LogP contribution is 2.34. The van der Waals surface area contributed by atoms with Crippen molar-refractivity contribution in [3.63, 3.8) is 0 Å². The molecule has 36 heavy (non-hydrogen) atoms. The van der Waals surface area contributed by atoms with Crippen molar-refractivity contribution < 1.29 is 19.5 Å². The Kier molecular flexibility index (Phi) is 7.16. The Morgan fingerprint density at radius 1 is 0.917 bits per heavy atom. The molecule has 1 saturated heterocycles. The number of piperazine rings is 1. The second kappa shape index (κ2) is 10.6. The Morgan fingerprint density at radius 2 is 1.64 bits per heavy atom. The van der Waals surface area contributed by atoms with Crippen LogP contribution in [0.5, 0.6) is 11.5 Å². The van der Waals surface area contributed by atoms with E-state index in [1.807, 2.05) is 24.3 Å². The van der Waals surface area contributed by atoms with Crippen LogP contribution in [0.3, 0.4) is 0 Å². The molecular formula is C30H36N3O3+. The van der Waals surface area contributed by atoms with Crippen LogP contribution in [0.25, 0.3) is 10.9 Å². The Balaban J connectivity index is 1.37. The molecule has 3 aromatic carbocycles. The summed E-state index contributed by atoms with van der Waals surface area (Å²) in [6.45, 7) is 7.40. The highest BCUT2D eigenvalue weighted by Gasteiger charge is 2.28. The largest absolute Gasteiger partial charge is 0.497 e. The van der Waals surface area contributed by atoms with Crippen molar-refractivity contribution in [1.29, 1.82) is 0 Å². The van der Waals surface area contributed by atoms with Gasteiger partial charge in [0.1, 0.15) is 24.1 Å². The molecular weight excluding hydrogens is 450 g/mol. The van der Waals surface area contributed by atoms with E-state index in [9.17, 15) is 5.11 Å². The van der Waals surface area contributed by atoms with Crippen molar-refractivity contribution in [1.82, 2.24) is 4.57 Å². The minimum Gasteiger partial charge on any atom is -0.497 e. The first-order chi connectivity index (χ1) is 17.6. The first-order valence-electron chi connectivity index (χ1n) is 12.7. The number of hydrogen-bond acceptors (Lipinski definition) is 4. The summed E-state index contributed by atoms with van der Waals surface area (Å²) in [7, 11) is 3.42. The predicted molar refractivity (Wildman–Crippen MR) is 145 cm³/mol. The molecule has 6 nitrogen and oxygen atoms in total. The molecule has 188 valence electrons. The fraction of sp³-hybridized carbons (Fsp3) is 0.333. The predicted octanol–water partition coefficient (Wildman–Crippen LogP) is 3.45. The fourth-order valence-electron chi connectivity index (χ4n) is 5.54. The van der Waals surface area contributed by atoms with Gasteiger partial charge in [-0.2, -0.15) is 0 Å². The van der Waals surface area contributed by atoms with E-state index in [1.54, 1.807) is 14.2 Å².